The van der Waals surface area contributed by atoms with Crippen LogP contribution in [-0.2, 0) is 0 Å². The van der Waals surface area contributed by atoms with Gasteiger partial charge in [0.25, 0.3) is 0 Å². The summed E-state index contributed by atoms with van der Waals surface area (Å²) in [6, 6.07) is 19.3. The summed E-state index contributed by atoms with van der Waals surface area (Å²) in [7, 11) is 0. The van der Waals surface area contributed by atoms with Gasteiger partial charge in [-0.15, -0.1) is 0 Å². The summed E-state index contributed by atoms with van der Waals surface area (Å²) in [5.74, 6) is 1.49. The second-order valence-corrected chi connectivity index (χ2v) is 7.95. The van der Waals surface area contributed by atoms with Crippen LogP contribution >= 0.6 is 0 Å². The van der Waals surface area contributed by atoms with Crippen LogP contribution in [0.25, 0.3) is 33.4 Å². The van der Waals surface area contributed by atoms with Gasteiger partial charge < -0.3 is 9.32 Å². The normalized spacial score (nSPS) is 14.1. The van der Waals surface area contributed by atoms with E-state index in [1.807, 2.05) is 19.1 Å². The number of hydrogen-bond donors (Lipinski definition) is 0. The highest BCUT2D eigenvalue weighted by molar-refractivity contribution is 5.89. The molecule has 0 atom stereocenters. The number of benzene rings is 2. The molecule has 0 spiro atoms. The fourth-order valence-electron chi connectivity index (χ4n) is 4.34. The molecular formula is C26H23N3O. The number of furan rings is 1. The zero-order valence-electron chi connectivity index (χ0n) is 17.1. The van der Waals surface area contributed by atoms with Crippen LogP contribution in [0, 0.1) is 18.3 Å². The number of aromatic nitrogens is 1. The third-order valence-corrected chi connectivity index (χ3v) is 5.94. The average molecular weight is 393 g/mol. The van der Waals surface area contributed by atoms with Crippen molar-refractivity contribution in [3.05, 3.63) is 72.1 Å². The van der Waals surface area contributed by atoms with Crippen molar-refractivity contribution in [2.45, 2.75) is 26.2 Å². The first kappa shape index (κ1) is 18.4. The Bertz CT molecular complexity index is 1260. The Morgan fingerprint density at radius 1 is 0.900 bits per heavy atom. The Balaban J connectivity index is 1.48. The molecule has 1 aliphatic rings. The molecule has 4 aromatic rings. The van der Waals surface area contributed by atoms with Crippen molar-refractivity contribution in [1.82, 2.24) is 4.98 Å². The van der Waals surface area contributed by atoms with Crippen molar-refractivity contribution in [3.8, 4) is 28.7 Å². The largest absolute Gasteiger partial charge is 0.456 e. The second kappa shape index (κ2) is 7.68. The van der Waals surface area contributed by atoms with Gasteiger partial charge in [-0.3, -0.25) is 4.98 Å². The highest BCUT2D eigenvalue weighted by atomic mass is 16.3. The number of anilines is 1. The monoisotopic (exact) mass is 393 g/mol. The van der Waals surface area contributed by atoms with E-state index in [4.69, 9.17) is 4.42 Å². The van der Waals surface area contributed by atoms with Crippen molar-refractivity contribution in [3.63, 3.8) is 0 Å². The van der Waals surface area contributed by atoms with Gasteiger partial charge in [-0.2, -0.15) is 5.26 Å². The molecule has 1 aliphatic heterocycles. The van der Waals surface area contributed by atoms with E-state index in [-0.39, 0.29) is 0 Å². The van der Waals surface area contributed by atoms with E-state index in [1.54, 1.807) is 12.4 Å². The molecule has 0 bridgehead atoms. The minimum Gasteiger partial charge on any atom is -0.456 e. The maximum atomic E-state index is 9.43. The Kier molecular flexibility index (Phi) is 4.72. The van der Waals surface area contributed by atoms with Crippen LogP contribution in [-0.4, -0.2) is 18.1 Å². The van der Waals surface area contributed by atoms with Gasteiger partial charge in [-0.1, -0.05) is 18.2 Å². The first-order valence-corrected chi connectivity index (χ1v) is 10.5. The molecule has 1 saturated heterocycles. The third kappa shape index (κ3) is 3.33. The van der Waals surface area contributed by atoms with E-state index in [0.717, 1.165) is 35.5 Å². The summed E-state index contributed by atoms with van der Waals surface area (Å²) in [5, 5.41) is 11.9. The smallest absolute Gasteiger partial charge is 0.136 e. The van der Waals surface area contributed by atoms with Gasteiger partial charge >= 0.3 is 0 Å². The third-order valence-electron chi connectivity index (χ3n) is 5.94. The van der Waals surface area contributed by atoms with Gasteiger partial charge in [0, 0.05) is 42.3 Å². The van der Waals surface area contributed by atoms with Crippen LogP contribution in [0.5, 0.6) is 0 Å². The number of piperidine rings is 1. The van der Waals surface area contributed by atoms with Crippen LogP contribution in [0.15, 0.2) is 65.3 Å². The van der Waals surface area contributed by atoms with Gasteiger partial charge in [0.05, 0.1) is 5.56 Å². The molecular weight excluding hydrogens is 370 g/mol. The molecule has 148 valence electrons. The number of hydrogen-bond acceptors (Lipinski definition) is 4. The van der Waals surface area contributed by atoms with E-state index in [1.165, 1.54) is 35.7 Å². The molecule has 4 nitrogen and oxygen atoms in total. The van der Waals surface area contributed by atoms with Gasteiger partial charge in [-0.25, -0.2) is 0 Å². The lowest BCUT2D eigenvalue weighted by Crippen LogP contribution is -2.29. The quantitative estimate of drug-likeness (QED) is 0.408. The average Bonchev–Trinajstić information content (AvgIpc) is 3.28. The Morgan fingerprint density at radius 2 is 1.67 bits per heavy atom. The van der Waals surface area contributed by atoms with Crippen molar-refractivity contribution in [2.75, 3.05) is 18.0 Å². The lowest BCUT2D eigenvalue weighted by molar-refractivity contribution is 0.578. The molecule has 0 aliphatic carbocycles. The summed E-state index contributed by atoms with van der Waals surface area (Å²) in [6.07, 6.45) is 7.24. The Morgan fingerprint density at radius 3 is 2.50 bits per heavy atom. The first-order chi connectivity index (χ1) is 14.7. The van der Waals surface area contributed by atoms with E-state index in [0.29, 0.717) is 11.3 Å². The highest BCUT2D eigenvalue weighted by Crippen LogP contribution is 2.34. The van der Waals surface area contributed by atoms with Crippen molar-refractivity contribution >= 4 is 16.5 Å². The van der Waals surface area contributed by atoms with Crippen molar-refractivity contribution < 1.29 is 4.42 Å². The van der Waals surface area contributed by atoms with Crippen LogP contribution in [0.3, 0.4) is 0 Å². The number of pyridine rings is 1. The minimum absolute atomic E-state index is 0.527. The van der Waals surface area contributed by atoms with Gasteiger partial charge in [-0.05, 0) is 72.9 Å². The predicted octanol–water partition coefficient (Wildman–Crippen LogP) is 6.33. The number of nitriles is 1. The highest BCUT2D eigenvalue weighted by Gasteiger charge is 2.15. The lowest BCUT2D eigenvalue weighted by atomic mass is 10.0. The molecule has 0 saturated carbocycles. The summed E-state index contributed by atoms with van der Waals surface area (Å²) in [6.45, 7) is 4.25. The molecule has 5 rings (SSSR count). The fourth-order valence-corrected chi connectivity index (χ4v) is 4.34. The van der Waals surface area contributed by atoms with Crippen LogP contribution in [0.2, 0.25) is 0 Å². The number of nitrogens with zero attached hydrogens (tertiary/aromatic N) is 3. The van der Waals surface area contributed by atoms with Crippen molar-refractivity contribution in [2.24, 2.45) is 0 Å². The number of fused-ring (bicyclic) bond motifs is 1. The molecule has 0 unspecified atom stereocenters. The summed E-state index contributed by atoms with van der Waals surface area (Å²) in [4.78, 5) is 6.60. The second-order valence-electron chi connectivity index (χ2n) is 7.95. The van der Waals surface area contributed by atoms with E-state index in [2.05, 4.69) is 52.4 Å². The molecule has 2 aromatic heterocycles. The van der Waals surface area contributed by atoms with Gasteiger partial charge in [0.2, 0.25) is 0 Å². The van der Waals surface area contributed by atoms with Crippen molar-refractivity contribution in [1.29, 1.82) is 5.26 Å². The van der Waals surface area contributed by atoms with E-state index >= 15 is 0 Å². The standard InChI is InChI=1S/C26H23N3O/c1-18-16-28-17-22(15-27)26(18)25-10-9-24(30-25)21-6-5-20-14-23(8-7-19(20)13-21)29-11-3-2-4-12-29/h5-10,13-14,16-17H,2-4,11-12H2,1H3. The molecule has 1 fully saturated rings. The molecule has 0 N–H and O–H groups in total. The SMILES string of the molecule is Cc1cncc(C#N)c1-c1ccc(-c2ccc3cc(N4CCCCC4)ccc3c2)o1. The van der Waals surface area contributed by atoms with Crippen LogP contribution < -0.4 is 4.90 Å². The number of aryl methyl sites for hydroxylation is 1. The van der Waals surface area contributed by atoms with E-state index < -0.39 is 0 Å². The molecule has 0 radical (unpaired) electrons. The maximum absolute atomic E-state index is 9.43. The van der Waals surface area contributed by atoms with Crippen LogP contribution in [0.1, 0.15) is 30.4 Å². The predicted molar refractivity (Wildman–Crippen MR) is 120 cm³/mol. The zero-order chi connectivity index (χ0) is 20.5. The summed E-state index contributed by atoms with van der Waals surface area (Å²) in [5.41, 5.74) is 4.61. The molecule has 0 amide bonds. The Labute approximate surface area is 176 Å². The maximum Gasteiger partial charge on any atom is 0.136 e. The van der Waals surface area contributed by atoms with Gasteiger partial charge in [0.15, 0.2) is 0 Å². The molecule has 3 heterocycles. The summed E-state index contributed by atoms with van der Waals surface area (Å²) >= 11 is 0. The van der Waals surface area contributed by atoms with Crippen LogP contribution in [0.4, 0.5) is 5.69 Å². The molecule has 2 aromatic carbocycles. The summed E-state index contributed by atoms with van der Waals surface area (Å²) < 4.78 is 6.16. The Hall–Kier alpha value is -3.58. The fraction of sp³-hybridized carbons (Fsp3) is 0.231. The lowest BCUT2D eigenvalue weighted by Gasteiger charge is -2.29. The topological polar surface area (TPSA) is 53.1 Å². The molecule has 30 heavy (non-hydrogen) atoms. The van der Waals surface area contributed by atoms with Gasteiger partial charge in [0.1, 0.15) is 17.6 Å². The molecule has 4 heteroatoms. The minimum atomic E-state index is 0.527. The first-order valence-electron chi connectivity index (χ1n) is 10.5. The zero-order valence-corrected chi connectivity index (χ0v) is 17.1. The number of rotatable bonds is 3. The van der Waals surface area contributed by atoms with E-state index in [9.17, 15) is 5.26 Å².